The van der Waals surface area contributed by atoms with E-state index in [2.05, 4.69) is 28.7 Å². The van der Waals surface area contributed by atoms with E-state index in [0.717, 1.165) is 11.5 Å². The summed E-state index contributed by atoms with van der Waals surface area (Å²) in [6, 6.07) is 13.7. The van der Waals surface area contributed by atoms with E-state index in [1.54, 1.807) is 17.8 Å². The Bertz CT molecular complexity index is 488. The van der Waals surface area contributed by atoms with Crippen LogP contribution in [-0.2, 0) is 0 Å². The van der Waals surface area contributed by atoms with Crippen LogP contribution in [0.2, 0.25) is 5.15 Å². The molecule has 2 aromatic rings. The number of hydrogen-bond acceptors (Lipinski definition) is 3. The highest BCUT2D eigenvalue weighted by molar-refractivity contribution is 7.98. The minimum absolute atomic E-state index is 0.492. The van der Waals surface area contributed by atoms with Crippen LogP contribution in [0.5, 0.6) is 0 Å². The fraction of sp³-hybridized carbons (Fsp3) is 0.0833. The zero-order chi connectivity index (χ0) is 11.4. The van der Waals surface area contributed by atoms with Crippen molar-refractivity contribution < 1.29 is 0 Å². The van der Waals surface area contributed by atoms with Gasteiger partial charge in [-0.15, -0.1) is 11.8 Å². The highest BCUT2D eigenvalue weighted by Crippen LogP contribution is 2.21. The first-order chi connectivity index (χ1) is 7.78. The van der Waals surface area contributed by atoms with Crippen molar-refractivity contribution in [1.29, 1.82) is 0 Å². The molecule has 0 aliphatic heterocycles. The number of benzene rings is 1. The molecule has 0 fully saturated rings. The summed E-state index contributed by atoms with van der Waals surface area (Å²) >= 11 is 7.52. The second kappa shape index (κ2) is 5.23. The molecule has 1 N–H and O–H groups in total. The lowest BCUT2D eigenvalue weighted by Gasteiger charge is -2.06. The van der Waals surface area contributed by atoms with E-state index in [1.165, 1.54) is 4.90 Å². The Morgan fingerprint density at radius 2 is 2.00 bits per heavy atom. The van der Waals surface area contributed by atoms with Crippen molar-refractivity contribution >= 4 is 34.9 Å². The fourth-order valence-electron chi connectivity index (χ4n) is 1.33. The van der Waals surface area contributed by atoms with Gasteiger partial charge in [0.1, 0.15) is 11.0 Å². The molecule has 0 radical (unpaired) electrons. The molecule has 0 saturated carbocycles. The third kappa shape index (κ3) is 2.90. The van der Waals surface area contributed by atoms with Crippen molar-refractivity contribution in [3.63, 3.8) is 0 Å². The number of rotatable bonds is 3. The third-order valence-corrected chi connectivity index (χ3v) is 2.99. The van der Waals surface area contributed by atoms with Crippen LogP contribution in [0, 0.1) is 0 Å². The predicted octanol–water partition coefficient (Wildman–Crippen LogP) is 4.20. The molecule has 2 rings (SSSR count). The van der Waals surface area contributed by atoms with Gasteiger partial charge in [0.15, 0.2) is 0 Å². The van der Waals surface area contributed by atoms with Crippen LogP contribution in [-0.4, -0.2) is 11.2 Å². The molecule has 0 atom stereocenters. The van der Waals surface area contributed by atoms with Crippen molar-refractivity contribution in [3.8, 4) is 0 Å². The summed E-state index contributed by atoms with van der Waals surface area (Å²) in [5.41, 5.74) is 1.02. The maximum atomic E-state index is 5.81. The number of nitrogens with zero attached hydrogens (tertiary/aromatic N) is 1. The van der Waals surface area contributed by atoms with Gasteiger partial charge in [-0.1, -0.05) is 23.7 Å². The number of halogens is 1. The van der Waals surface area contributed by atoms with Crippen LogP contribution in [0.4, 0.5) is 11.5 Å². The minimum atomic E-state index is 0.492. The predicted molar refractivity (Wildman–Crippen MR) is 70.8 cm³/mol. The zero-order valence-corrected chi connectivity index (χ0v) is 10.3. The Labute approximate surface area is 104 Å². The molecule has 1 aromatic heterocycles. The van der Waals surface area contributed by atoms with Crippen molar-refractivity contribution in [2.75, 3.05) is 11.6 Å². The lowest BCUT2D eigenvalue weighted by Crippen LogP contribution is -1.93. The Morgan fingerprint density at radius 1 is 1.19 bits per heavy atom. The molecule has 0 aliphatic rings. The molecule has 0 amide bonds. The van der Waals surface area contributed by atoms with Crippen LogP contribution in [0.3, 0.4) is 0 Å². The third-order valence-electron chi connectivity index (χ3n) is 2.06. The van der Waals surface area contributed by atoms with E-state index >= 15 is 0 Å². The molecule has 82 valence electrons. The molecule has 2 nitrogen and oxygen atoms in total. The molecule has 1 heterocycles. The molecule has 4 heteroatoms. The maximum absolute atomic E-state index is 5.81. The first-order valence-electron chi connectivity index (χ1n) is 4.81. The zero-order valence-electron chi connectivity index (χ0n) is 8.77. The monoisotopic (exact) mass is 250 g/mol. The van der Waals surface area contributed by atoms with Gasteiger partial charge in [-0.25, -0.2) is 4.98 Å². The summed E-state index contributed by atoms with van der Waals surface area (Å²) in [4.78, 5) is 5.39. The Kier molecular flexibility index (Phi) is 3.70. The SMILES string of the molecule is CSc1cccc(Nc2cccc(Cl)n2)c1. The van der Waals surface area contributed by atoms with Gasteiger partial charge >= 0.3 is 0 Å². The smallest absolute Gasteiger partial charge is 0.132 e. The number of anilines is 2. The molecular weight excluding hydrogens is 240 g/mol. The molecule has 16 heavy (non-hydrogen) atoms. The Hall–Kier alpha value is -1.19. The van der Waals surface area contributed by atoms with Gasteiger partial charge in [-0.2, -0.15) is 0 Å². The molecular formula is C12H11ClN2S. The summed E-state index contributed by atoms with van der Waals surface area (Å²) < 4.78 is 0. The van der Waals surface area contributed by atoms with Crippen molar-refractivity contribution in [3.05, 3.63) is 47.6 Å². The number of pyridine rings is 1. The highest BCUT2D eigenvalue weighted by Gasteiger charge is 1.97. The van der Waals surface area contributed by atoms with E-state index < -0.39 is 0 Å². The first kappa shape index (κ1) is 11.3. The maximum Gasteiger partial charge on any atom is 0.132 e. The molecule has 0 bridgehead atoms. The summed E-state index contributed by atoms with van der Waals surface area (Å²) in [7, 11) is 0. The summed E-state index contributed by atoms with van der Waals surface area (Å²) in [6.07, 6.45) is 2.05. The van der Waals surface area contributed by atoms with Gasteiger partial charge < -0.3 is 5.32 Å². The van der Waals surface area contributed by atoms with E-state index in [1.807, 2.05) is 24.3 Å². The number of thioether (sulfide) groups is 1. The van der Waals surface area contributed by atoms with Crippen LogP contribution < -0.4 is 5.32 Å². The van der Waals surface area contributed by atoms with Crippen molar-refractivity contribution in [2.45, 2.75) is 4.90 Å². The first-order valence-corrected chi connectivity index (χ1v) is 6.42. The van der Waals surface area contributed by atoms with E-state index in [-0.39, 0.29) is 0 Å². The van der Waals surface area contributed by atoms with Crippen molar-refractivity contribution in [2.24, 2.45) is 0 Å². The second-order valence-corrected chi connectivity index (χ2v) is 4.47. The van der Waals surface area contributed by atoms with Crippen LogP contribution >= 0.6 is 23.4 Å². The van der Waals surface area contributed by atoms with Gasteiger partial charge in [0.25, 0.3) is 0 Å². The van der Waals surface area contributed by atoms with Crippen LogP contribution in [0.1, 0.15) is 0 Å². The van der Waals surface area contributed by atoms with Gasteiger partial charge in [-0.3, -0.25) is 0 Å². The minimum Gasteiger partial charge on any atom is -0.340 e. The second-order valence-electron chi connectivity index (χ2n) is 3.20. The number of hydrogen-bond donors (Lipinski definition) is 1. The van der Waals surface area contributed by atoms with Gasteiger partial charge in [0, 0.05) is 10.6 Å². The van der Waals surface area contributed by atoms with E-state index in [9.17, 15) is 0 Å². The van der Waals surface area contributed by atoms with Crippen LogP contribution in [0.25, 0.3) is 0 Å². The van der Waals surface area contributed by atoms with Gasteiger partial charge in [0.2, 0.25) is 0 Å². The lowest BCUT2D eigenvalue weighted by atomic mass is 10.3. The molecule has 0 aliphatic carbocycles. The van der Waals surface area contributed by atoms with E-state index in [4.69, 9.17) is 11.6 Å². The van der Waals surface area contributed by atoms with Gasteiger partial charge in [-0.05, 0) is 36.6 Å². The summed E-state index contributed by atoms with van der Waals surface area (Å²) in [5.74, 6) is 0.755. The highest BCUT2D eigenvalue weighted by atomic mass is 35.5. The average molecular weight is 251 g/mol. The standard InChI is InChI=1S/C12H11ClN2S/c1-16-10-5-2-4-9(8-10)14-12-7-3-6-11(13)15-12/h2-8H,1H3,(H,14,15). The molecule has 0 saturated heterocycles. The average Bonchev–Trinajstić information content (AvgIpc) is 2.29. The van der Waals surface area contributed by atoms with Crippen LogP contribution in [0.15, 0.2) is 47.4 Å². The molecule has 0 unspecified atom stereocenters. The summed E-state index contributed by atoms with van der Waals surface area (Å²) in [6.45, 7) is 0. The van der Waals surface area contributed by atoms with E-state index in [0.29, 0.717) is 5.15 Å². The molecule has 1 aromatic carbocycles. The normalized spacial score (nSPS) is 10.1. The number of aromatic nitrogens is 1. The van der Waals surface area contributed by atoms with Gasteiger partial charge in [0.05, 0.1) is 0 Å². The fourth-order valence-corrected chi connectivity index (χ4v) is 1.95. The Balaban J connectivity index is 2.20. The quantitative estimate of drug-likeness (QED) is 0.653. The topological polar surface area (TPSA) is 24.9 Å². The van der Waals surface area contributed by atoms with Crippen molar-refractivity contribution in [1.82, 2.24) is 4.98 Å². The summed E-state index contributed by atoms with van der Waals surface area (Å²) in [5, 5.41) is 3.70. The Morgan fingerprint density at radius 3 is 2.75 bits per heavy atom. The lowest BCUT2D eigenvalue weighted by molar-refractivity contribution is 1.30. The largest absolute Gasteiger partial charge is 0.340 e. The number of nitrogens with one attached hydrogen (secondary N) is 1. The molecule has 0 spiro atoms.